The molecular formula is C25H25N5O2S. The average Bonchev–Trinajstić information content (AvgIpc) is 3.33. The van der Waals surface area contributed by atoms with Gasteiger partial charge >= 0.3 is 0 Å². The molecule has 3 heterocycles. The molecule has 0 saturated heterocycles. The van der Waals surface area contributed by atoms with E-state index in [0.717, 1.165) is 40.2 Å². The fourth-order valence-corrected chi connectivity index (χ4v) is 4.74. The monoisotopic (exact) mass is 459 g/mol. The van der Waals surface area contributed by atoms with Gasteiger partial charge in [0.2, 0.25) is 0 Å². The summed E-state index contributed by atoms with van der Waals surface area (Å²) in [4.78, 5) is 25.3. The van der Waals surface area contributed by atoms with Gasteiger partial charge in [0.15, 0.2) is 0 Å². The molecule has 0 aliphatic heterocycles. The zero-order valence-corrected chi connectivity index (χ0v) is 19.4. The largest absolute Gasteiger partial charge is 0.387 e. The number of carbonyl (C=O) groups excluding carboxylic acids is 1. The third kappa shape index (κ3) is 4.31. The summed E-state index contributed by atoms with van der Waals surface area (Å²) in [5, 5.41) is 17.1. The van der Waals surface area contributed by atoms with Crippen LogP contribution in [0.1, 0.15) is 52.0 Å². The summed E-state index contributed by atoms with van der Waals surface area (Å²) in [5.41, 5.74) is 4.05. The highest BCUT2D eigenvalue weighted by Gasteiger charge is 2.34. The van der Waals surface area contributed by atoms with Crippen molar-refractivity contribution in [1.29, 1.82) is 0 Å². The molecule has 0 bridgehead atoms. The maximum absolute atomic E-state index is 13.3. The summed E-state index contributed by atoms with van der Waals surface area (Å²) in [6.45, 7) is 2.19. The van der Waals surface area contributed by atoms with Crippen molar-refractivity contribution in [2.24, 2.45) is 0 Å². The average molecular weight is 460 g/mol. The molecule has 3 aromatic heterocycles. The number of amides is 1. The first kappa shape index (κ1) is 21.5. The summed E-state index contributed by atoms with van der Waals surface area (Å²) >= 11 is 1.63. The van der Waals surface area contributed by atoms with Crippen LogP contribution in [0.3, 0.4) is 0 Å². The topological polar surface area (TPSA) is 84.1 Å². The van der Waals surface area contributed by atoms with Crippen molar-refractivity contribution in [2.75, 3.05) is 13.6 Å². The minimum Gasteiger partial charge on any atom is -0.387 e. The van der Waals surface area contributed by atoms with Gasteiger partial charge in [0, 0.05) is 19.2 Å². The zero-order chi connectivity index (χ0) is 22.9. The van der Waals surface area contributed by atoms with Gasteiger partial charge < -0.3 is 10.0 Å². The molecule has 1 saturated carbocycles. The van der Waals surface area contributed by atoms with Gasteiger partial charge in [-0.2, -0.15) is 5.10 Å². The Morgan fingerprint density at radius 2 is 2.00 bits per heavy atom. The standard InChI is InChI=1S/C25H25N5O2S/c1-16-13-26-25(28-22(16)21-9-6-12-33-21)30-23(18-10-11-18)19(14-27-30)24(32)29(2)15-20(31)17-7-4-3-5-8-17/h3-9,12-14,18,20,31H,10-11,15H2,1-2H3/t20-/m0/s1. The molecule has 8 heteroatoms. The highest BCUT2D eigenvalue weighted by molar-refractivity contribution is 7.13. The number of aromatic nitrogens is 4. The number of likely N-dealkylation sites (N-methyl/N-ethyl adjacent to an activating group) is 1. The predicted octanol–water partition coefficient (Wildman–Crippen LogP) is 4.38. The SMILES string of the molecule is Cc1cnc(-n2ncc(C(=O)N(C)C[C@H](O)c3ccccc3)c2C2CC2)nc1-c1cccs1. The molecule has 33 heavy (non-hydrogen) atoms. The third-order valence-electron chi connectivity index (χ3n) is 5.88. The molecule has 7 nitrogen and oxygen atoms in total. The summed E-state index contributed by atoms with van der Waals surface area (Å²) in [5.74, 6) is 0.564. The van der Waals surface area contributed by atoms with Crippen LogP contribution in [0, 0.1) is 6.92 Å². The molecule has 1 aliphatic rings. The molecule has 1 aliphatic carbocycles. The molecule has 1 fully saturated rings. The van der Waals surface area contributed by atoms with Gasteiger partial charge in [-0.05, 0) is 42.3 Å². The van der Waals surface area contributed by atoms with Crippen molar-refractivity contribution in [3.63, 3.8) is 0 Å². The number of rotatable bonds is 7. The molecule has 5 rings (SSSR count). The number of hydrogen-bond acceptors (Lipinski definition) is 6. The minimum absolute atomic E-state index is 0.163. The first-order chi connectivity index (χ1) is 16.0. The Morgan fingerprint density at radius 1 is 1.21 bits per heavy atom. The van der Waals surface area contributed by atoms with Gasteiger partial charge in [-0.3, -0.25) is 4.79 Å². The van der Waals surface area contributed by atoms with Gasteiger partial charge in [0.1, 0.15) is 0 Å². The molecular weight excluding hydrogens is 434 g/mol. The van der Waals surface area contributed by atoms with Crippen molar-refractivity contribution in [1.82, 2.24) is 24.6 Å². The summed E-state index contributed by atoms with van der Waals surface area (Å²) in [6.07, 6.45) is 4.67. The fourth-order valence-electron chi connectivity index (χ4n) is 3.96. The number of carbonyl (C=O) groups is 1. The van der Waals surface area contributed by atoms with Gasteiger partial charge in [-0.25, -0.2) is 14.6 Å². The van der Waals surface area contributed by atoms with E-state index >= 15 is 0 Å². The van der Waals surface area contributed by atoms with Crippen LogP contribution < -0.4 is 0 Å². The van der Waals surface area contributed by atoms with Crippen molar-refractivity contribution in [2.45, 2.75) is 31.8 Å². The van der Waals surface area contributed by atoms with Crippen LogP contribution in [0.15, 0.2) is 60.2 Å². The van der Waals surface area contributed by atoms with Gasteiger partial charge in [-0.1, -0.05) is 36.4 Å². The minimum atomic E-state index is -0.756. The molecule has 0 unspecified atom stereocenters. The fraction of sp³-hybridized carbons (Fsp3) is 0.280. The number of aliphatic hydroxyl groups is 1. The lowest BCUT2D eigenvalue weighted by Crippen LogP contribution is -2.31. The maximum Gasteiger partial charge on any atom is 0.257 e. The van der Waals surface area contributed by atoms with Crippen molar-refractivity contribution in [3.8, 4) is 16.5 Å². The molecule has 1 N–H and O–H groups in total. The van der Waals surface area contributed by atoms with E-state index in [-0.39, 0.29) is 18.4 Å². The lowest BCUT2D eigenvalue weighted by atomic mass is 10.1. The second-order valence-corrected chi connectivity index (χ2v) is 9.37. The van der Waals surface area contributed by atoms with E-state index in [1.54, 1.807) is 40.4 Å². The lowest BCUT2D eigenvalue weighted by Gasteiger charge is -2.21. The van der Waals surface area contributed by atoms with E-state index < -0.39 is 6.10 Å². The summed E-state index contributed by atoms with van der Waals surface area (Å²) < 4.78 is 1.71. The molecule has 0 spiro atoms. The number of nitrogens with zero attached hydrogens (tertiary/aromatic N) is 5. The lowest BCUT2D eigenvalue weighted by molar-refractivity contribution is 0.0680. The van der Waals surface area contributed by atoms with Crippen molar-refractivity contribution >= 4 is 17.2 Å². The molecule has 0 radical (unpaired) electrons. The maximum atomic E-state index is 13.3. The Bertz CT molecular complexity index is 1270. The smallest absolute Gasteiger partial charge is 0.257 e. The Balaban J connectivity index is 1.45. The van der Waals surface area contributed by atoms with Gasteiger partial charge in [0.05, 0.1) is 40.7 Å². The Morgan fingerprint density at radius 3 is 2.70 bits per heavy atom. The Hall–Kier alpha value is -3.36. The number of benzene rings is 1. The van der Waals surface area contributed by atoms with E-state index in [1.807, 2.05) is 54.8 Å². The van der Waals surface area contributed by atoms with Crippen LogP contribution in [-0.2, 0) is 0 Å². The highest BCUT2D eigenvalue weighted by atomic mass is 32.1. The number of aliphatic hydroxyl groups excluding tert-OH is 1. The van der Waals surface area contributed by atoms with Crippen LogP contribution in [-0.4, -0.2) is 49.3 Å². The summed E-state index contributed by atoms with van der Waals surface area (Å²) in [7, 11) is 1.71. The second kappa shape index (κ2) is 8.88. The van der Waals surface area contributed by atoms with E-state index in [4.69, 9.17) is 4.98 Å². The molecule has 1 aromatic carbocycles. The van der Waals surface area contributed by atoms with E-state index in [0.29, 0.717) is 11.5 Å². The molecule has 168 valence electrons. The highest BCUT2D eigenvalue weighted by Crippen LogP contribution is 2.42. The van der Waals surface area contributed by atoms with Crippen LogP contribution in [0.2, 0.25) is 0 Å². The number of aryl methyl sites for hydroxylation is 1. The normalized spacial score (nSPS) is 14.3. The van der Waals surface area contributed by atoms with Crippen molar-refractivity contribution in [3.05, 3.63) is 82.6 Å². The molecule has 1 amide bonds. The van der Waals surface area contributed by atoms with Crippen LogP contribution >= 0.6 is 11.3 Å². The third-order valence-corrected chi connectivity index (χ3v) is 6.76. The van der Waals surface area contributed by atoms with E-state index in [2.05, 4.69) is 10.1 Å². The first-order valence-corrected chi connectivity index (χ1v) is 11.8. The van der Waals surface area contributed by atoms with E-state index in [9.17, 15) is 9.90 Å². The predicted molar refractivity (Wildman–Crippen MR) is 128 cm³/mol. The quantitative estimate of drug-likeness (QED) is 0.443. The van der Waals surface area contributed by atoms with Gasteiger partial charge in [0.25, 0.3) is 11.9 Å². The Labute approximate surface area is 196 Å². The summed E-state index contributed by atoms with van der Waals surface area (Å²) in [6, 6.07) is 13.4. The number of thiophene rings is 1. The zero-order valence-electron chi connectivity index (χ0n) is 18.5. The van der Waals surface area contributed by atoms with Crippen molar-refractivity contribution < 1.29 is 9.90 Å². The van der Waals surface area contributed by atoms with Crippen LogP contribution in [0.5, 0.6) is 0 Å². The molecule has 1 atom stereocenters. The molecule has 4 aromatic rings. The van der Waals surface area contributed by atoms with Crippen LogP contribution in [0.25, 0.3) is 16.5 Å². The Kier molecular flexibility index (Phi) is 5.78. The van der Waals surface area contributed by atoms with Gasteiger partial charge in [-0.15, -0.1) is 11.3 Å². The number of hydrogen-bond donors (Lipinski definition) is 1. The van der Waals surface area contributed by atoms with E-state index in [1.165, 1.54) is 0 Å². The first-order valence-electron chi connectivity index (χ1n) is 11.0. The van der Waals surface area contributed by atoms with Crippen LogP contribution in [0.4, 0.5) is 0 Å². The second-order valence-electron chi connectivity index (χ2n) is 8.42.